The third-order valence-electron chi connectivity index (χ3n) is 4.46. The number of esters is 1. The molecule has 1 fully saturated rings. The number of ether oxygens (including phenoxy) is 1. The molecule has 156 valence electrons. The number of carbonyl (C=O) groups is 2. The highest BCUT2D eigenvalue weighted by Gasteiger charge is 2.30. The number of nitrogen functional groups attached to an aromatic ring is 1. The van der Waals surface area contributed by atoms with Crippen molar-refractivity contribution in [2.24, 2.45) is 0 Å². The molecule has 0 aliphatic carbocycles. The van der Waals surface area contributed by atoms with Crippen LogP contribution in [-0.2, 0) is 19.6 Å². The number of anilines is 1. The molecule has 0 spiro atoms. The molecule has 12 heteroatoms. The summed E-state index contributed by atoms with van der Waals surface area (Å²) in [6.07, 6.45) is 0. The number of piperazine rings is 1. The summed E-state index contributed by atoms with van der Waals surface area (Å²) in [5, 5.41) is 0.685. The van der Waals surface area contributed by atoms with Crippen LogP contribution in [0, 0.1) is 6.92 Å². The Morgan fingerprint density at radius 1 is 1.21 bits per heavy atom. The molecule has 1 aliphatic rings. The molecule has 0 radical (unpaired) electrons. The average molecular weight is 459 g/mol. The fourth-order valence-electron chi connectivity index (χ4n) is 2.86. The molecule has 1 aliphatic heterocycles. The molecule has 0 unspecified atom stereocenters. The highest BCUT2D eigenvalue weighted by molar-refractivity contribution is 7.89. The maximum Gasteiger partial charge on any atom is 0.343 e. The molecular formula is C17H19ClN4O5S2. The van der Waals surface area contributed by atoms with E-state index in [1.165, 1.54) is 33.5 Å². The second-order valence-electron chi connectivity index (χ2n) is 6.32. The zero-order valence-electron chi connectivity index (χ0n) is 15.5. The van der Waals surface area contributed by atoms with Gasteiger partial charge in [-0.1, -0.05) is 11.6 Å². The van der Waals surface area contributed by atoms with Gasteiger partial charge in [-0.05, 0) is 42.7 Å². The van der Waals surface area contributed by atoms with Gasteiger partial charge in [-0.3, -0.25) is 4.79 Å². The van der Waals surface area contributed by atoms with Crippen LogP contribution < -0.4 is 5.73 Å². The lowest BCUT2D eigenvalue weighted by atomic mass is 10.2. The molecule has 3 rings (SSSR count). The number of aryl methyl sites for hydroxylation is 1. The lowest BCUT2D eigenvalue weighted by molar-refractivity contribution is -0.135. The fourth-order valence-corrected chi connectivity index (χ4v) is 5.06. The monoisotopic (exact) mass is 458 g/mol. The molecule has 0 atom stereocenters. The lowest BCUT2D eigenvalue weighted by Crippen LogP contribution is -2.51. The van der Waals surface area contributed by atoms with Crippen LogP contribution in [-0.4, -0.2) is 66.7 Å². The number of nitrogens with zero attached hydrogens (tertiary/aromatic N) is 3. The fraction of sp³-hybridized carbons (Fsp3) is 0.353. The largest absolute Gasteiger partial charge is 0.452 e. The molecular weight excluding hydrogens is 440 g/mol. The number of rotatable bonds is 5. The van der Waals surface area contributed by atoms with Crippen LogP contribution in [0.5, 0.6) is 0 Å². The van der Waals surface area contributed by atoms with Crippen molar-refractivity contribution >= 4 is 50.0 Å². The van der Waals surface area contributed by atoms with Gasteiger partial charge in [0, 0.05) is 31.2 Å². The van der Waals surface area contributed by atoms with Gasteiger partial charge < -0.3 is 15.4 Å². The zero-order valence-corrected chi connectivity index (χ0v) is 17.9. The van der Waals surface area contributed by atoms with Crippen molar-refractivity contribution in [3.05, 3.63) is 40.5 Å². The van der Waals surface area contributed by atoms with Gasteiger partial charge in [0.1, 0.15) is 10.6 Å². The lowest BCUT2D eigenvalue weighted by Gasteiger charge is -2.33. The minimum Gasteiger partial charge on any atom is -0.452 e. The van der Waals surface area contributed by atoms with E-state index < -0.39 is 28.5 Å². The standard InChI is InChI=1S/C17H19ClN4O5S2/c1-11-15(16(19)28-20-11)17(24)27-10-14(23)21-6-8-22(9-7-21)29(25,26)13-4-2-12(18)3-5-13/h2-5H,6-10,19H2,1H3. The minimum absolute atomic E-state index is 0.144. The average Bonchev–Trinajstić information content (AvgIpc) is 3.04. The Labute approximate surface area is 177 Å². The van der Waals surface area contributed by atoms with E-state index in [-0.39, 0.29) is 41.6 Å². The first kappa shape index (κ1) is 21.5. The SMILES string of the molecule is Cc1nsc(N)c1C(=O)OCC(=O)N1CCN(S(=O)(=O)c2ccc(Cl)cc2)CC1. The number of aromatic nitrogens is 1. The van der Waals surface area contributed by atoms with Gasteiger partial charge in [-0.15, -0.1) is 0 Å². The Kier molecular flexibility index (Phi) is 6.42. The second-order valence-corrected chi connectivity index (χ2v) is 9.50. The number of hydrogen-bond acceptors (Lipinski definition) is 8. The van der Waals surface area contributed by atoms with E-state index in [4.69, 9.17) is 22.1 Å². The van der Waals surface area contributed by atoms with Crippen LogP contribution in [0.15, 0.2) is 29.2 Å². The molecule has 2 N–H and O–H groups in total. The molecule has 1 aromatic heterocycles. The molecule has 2 aromatic rings. The Morgan fingerprint density at radius 3 is 2.38 bits per heavy atom. The Balaban J connectivity index is 1.54. The van der Waals surface area contributed by atoms with E-state index in [2.05, 4.69) is 4.37 Å². The molecule has 1 amide bonds. The number of benzene rings is 1. The normalized spacial score (nSPS) is 15.3. The van der Waals surface area contributed by atoms with Gasteiger partial charge in [0.2, 0.25) is 10.0 Å². The highest BCUT2D eigenvalue weighted by Crippen LogP contribution is 2.22. The summed E-state index contributed by atoms with van der Waals surface area (Å²) in [5.74, 6) is -1.10. The third-order valence-corrected chi connectivity index (χ3v) is 7.39. The van der Waals surface area contributed by atoms with Crippen LogP contribution in [0.3, 0.4) is 0 Å². The van der Waals surface area contributed by atoms with Gasteiger partial charge in [0.15, 0.2) is 6.61 Å². The van der Waals surface area contributed by atoms with Crippen molar-refractivity contribution in [2.75, 3.05) is 38.5 Å². The highest BCUT2D eigenvalue weighted by atomic mass is 35.5. The first-order chi connectivity index (χ1) is 13.7. The predicted octanol–water partition coefficient (Wildman–Crippen LogP) is 1.38. The van der Waals surface area contributed by atoms with E-state index in [0.717, 1.165) is 11.5 Å². The summed E-state index contributed by atoms with van der Waals surface area (Å²) in [7, 11) is -3.66. The van der Waals surface area contributed by atoms with Crippen molar-refractivity contribution in [1.29, 1.82) is 0 Å². The maximum atomic E-state index is 12.7. The molecule has 0 bridgehead atoms. The van der Waals surface area contributed by atoms with E-state index >= 15 is 0 Å². The van der Waals surface area contributed by atoms with E-state index in [0.29, 0.717) is 10.7 Å². The van der Waals surface area contributed by atoms with E-state index in [9.17, 15) is 18.0 Å². The van der Waals surface area contributed by atoms with Crippen molar-refractivity contribution in [3.63, 3.8) is 0 Å². The topological polar surface area (TPSA) is 123 Å². The Morgan fingerprint density at radius 2 is 1.83 bits per heavy atom. The van der Waals surface area contributed by atoms with Crippen LogP contribution in [0.25, 0.3) is 0 Å². The van der Waals surface area contributed by atoms with Crippen LogP contribution >= 0.6 is 23.1 Å². The van der Waals surface area contributed by atoms with Crippen molar-refractivity contribution in [2.45, 2.75) is 11.8 Å². The molecule has 29 heavy (non-hydrogen) atoms. The third kappa shape index (κ3) is 4.69. The number of carbonyl (C=O) groups excluding carboxylic acids is 2. The molecule has 1 saturated heterocycles. The summed E-state index contributed by atoms with van der Waals surface area (Å²) < 4.78 is 35.7. The van der Waals surface area contributed by atoms with Crippen molar-refractivity contribution in [3.8, 4) is 0 Å². The number of hydrogen-bond donors (Lipinski definition) is 1. The molecule has 2 heterocycles. The summed E-state index contributed by atoms with van der Waals surface area (Å²) in [4.78, 5) is 26.0. The summed E-state index contributed by atoms with van der Waals surface area (Å²) in [5.41, 5.74) is 6.31. The minimum atomic E-state index is -3.66. The second kappa shape index (κ2) is 8.66. The number of sulfonamides is 1. The quantitative estimate of drug-likeness (QED) is 0.671. The molecule has 0 saturated carbocycles. The van der Waals surface area contributed by atoms with Gasteiger partial charge in [-0.25, -0.2) is 13.2 Å². The predicted molar refractivity (Wildman–Crippen MR) is 108 cm³/mol. The first-order valence-corrected chi connectivity index (χ1v) is 11.2. The van der Waals surface area contributed by atoms with Crippen LogP contribution in [0.1, 0.15) is 16.1 Å². The first-order valence-electron chi connectivity index (χ1n) is 8.62. The summed E-state index contributed by atoms with van der Waals surface area (Å²) in [6.45, 7) is 1.87. The van der Waals surface area contributed by atoms with Crippen molar-refractivity contribution in [1.82, 2.24) is 13.6 Å². The zero-order chi connectivity index (χ0) is 21.2. The van der Waals surface area contributed by atoms with Gasteiger partial charge >= 0.3 is 5.97 Å². The number of halogens is 1. The van der Waals surface area contributed by atoms with E-state index in [1.807, 2.05) is 0 Å². The number of nitrogens with two attached hydrogens (primary N) is 1. The molecule has 9 nitrogen and oxygen atoms in total. The van der Waals surface area contributed by atoms with Gasteiger partial charge in [-0.2, -0.15) is 8.68 Å². The Bertz CT molecular complexity index is 995. The van der Waals surface area contributed by atoms with E-state index in [1.54, 1.807) is 6.92 Å². The van der Waals surface area contributed by atoms with Crippen LogP contribution in [0.4, 0.5) is 5.00 Å². The maximum absolute atomic E-state index is 12.7. The Hall–Kier alpha value is -2.21. The smallest absolute Gasteiger partial charge is 0.343 e. The van der Waals surface area contributed by atoms with Crippen LogP contribution in [0.2, 0.25) is 5.02 Å². The summed E-state index contributed by atoms with van der Waals surface area (Å²) in [6, 6.07) is 5.92. The van der Waals surface area contributed by atoms with Gasteiger partial charge in [0.05, 0.1) is 10.6 Å². The van der Waals surface area contributed by atoms with Crippen molar-refractivity contribution < 1.29 is 22.7 Å². The summed E-state index contributed by atoms with van der Waals surface area (Å²) >= 11 is 6.79. The van der Waals surface area contributed by atoms with Gasteiger partial charge in [0.25, 0.3) is 5.91 Å². The number of amides is 1. The molecule has 1 aromatic carbocycles.